The summed E-state index contributed by atoms with van der Waals surface area (Å²) >= 11 is 0. The molecule has 3 rings (SSSR count). The van der Waals surface area contributed by atoms with Crippen LogP contribution < -0.4 is 20.7 Å². The van der Waals surface area contributed by atoms with Crippen LogP contribution in [0.3, 0.4) is 0 Å². The van der Waals surface area contributed by atoms with Crippen LogP contribution >= 0.6 is 0 Å². The highest BCUT2D eigenvalue weighted by Crippen LogP contribution is 2.26. The van der Waals surface area contributed by atoms with E-state index < -0.39 is 6.03 Å². The third-order valence-corrected chi connectivity index (χ3v) is 3.83. The second kappa shape index (κ2) is 8.59. The Morgan fingerprint density at radius 2 is 2.19 bits per heavy atom. The quantitative estimate of drug-likeness (QED) is 0.758. The van der Waals surface area contributed by atoms with Crippen molar-refractivity contribution in [3.8, 4) is 5.75 Å². The minimum absolute atomic E-state index is 0.00503. The maximum atomic E-state index is 12.3. The van der Waals surface area contributed by atoms with Crippen LogP contribution in [-0.4, -0.2) is 48.4 Å². The molecule has 1 saturated heterocycles. The molecule has 1 aliphatic rings. The molecule has 0 saturated carbocycles. The zero-order valence-electron chi connectivity index (χ0n) is 14.9. The summed E-state index contributed by atoms with van der Waals surface area (Å²) in [6, 6.07) is 5.22. The van der Waals surface area contributed by atoms with Crippen LogP contribution in [0.2, 0.25) is 0 Å². The summed E-state index contributed by atoms with van der Waals surface area (Å²) in [6.07, 6.45) is 3.10. The molecule has 2 amide bonds. The maximum Gasteiger partial charge on any atom is 0.324 e. The first-order valence-electron chi connectivity index (χ1n) is 8.52. The molecule has 0 bridgehead atoms. The Bertz CT molecular complexity index is 745. The summed E-state index contributed by atoms with van der Waals surface area (Å²) in [5, 5.41) is 8.72. The fourth-order valence-corrected chi connectivity index (χ4v) is 2.50. The number of urea groups is 1. The molecule has 1 aromatic heterocycles. The number of aryl methyl sites for hydroxylation is 2. The lowest BCUT2D eigenvalue weighted by atomic mass is 10.2. The number of amides is 2. The van der Waals surface area contributed by atoms with Gasteiger partial charge in [-0.25, -0.2) is 9.78 Å². The number of hydrogen-bond donors (Lipinski definition) is 3. The van der Waals surface area contributed by atoms with Crippen LogP contribution in [0.5, 0.6) is 5.75 Å². The molecule has 8 nitrogen and oxygen atoms in total. The fraction of sp³-hybridized carbons (Fsp3) is 0.389. The standard InChI is InChI=1S/C18H23N5O3/c1-12-3-4-16(26-11-14-9-19-5-6-25-14)15(7-12)22-18(24)23-17-10-20-13(2)8-21-17/h3-4,7-8,10,14,19H,5-6,9,11H2,1-2H3,(H2,21,22,23,24)/t14-/m0/s1. The summed E-state index contributed by atoms with van der Waals surface area (Å²) in [6.45, 7) is 6.48. The van der Waals surface area contributed by atoms with E-state index in [0.717, 1.165) is 24.3 Å². The van der Waals surface area contributed by atoms with E-state index in [1.54, 1.807) is 6.20 Å². The summed E-state index contributed by atoms with van der Waals surface area (Å²) in [7, 11) is 0. The number of anilines is 2. The minimum Gasteiger partial charge on any atom is -0.489 e. The van der Waals surface area contributed by atoms with Gasteiger partial charge in [0, 0.05) is 13.1 Å². The van der Waals surface area contributed by atoms with Gasteiger partial charge in [0.15, 0.2) is 5.82 Å². The van der Waals surface area contributed by atoms with Crippen molar-refractivity contribution in [3.63, 3.8) is 0 Å². The van der Waals surface area contributed by atoms with Crippen LogP contribution in [0.1, 0.15) is 11.3 Å². The molecule has 2 heterocycles. The van der Waals surface area contributed by atoms with E-state index in [4.69, 9.17) is 9.47 Å². The van der Waals surface area contributed by atoms with Crippen molar-refractivity contribution >= 4 is 17.5 Å². The molecule has 26 heavy (non-hydrogen) atoms. The van der Waals surface area contributed by atoms with Crippen LogP contribution in [-0.2, 0) is 4.74 Å². The molecule has 0 radical (unpaired) electrons. The average molecular weight is 357 g/mol. The van der Waals surface area contributed by atoms with Gasteiger partial charge in [-0.15, -0.1) is 0 Å². The molecule has 3 N–H and O–H groups in total. The van der Waals surface area contributed by atoms with Crippen molar-refractivity contribution in [2.75, 3.05) is 36.9 Å². The largest absolute Gasteiger partial charge is 0.489 e. The SMILES string of the molecule is Cc1ccc(OC[C@@H]2CNCCO2)c(NC(=O)Nc2cnc(C)cn2)c1. The summed E-state index contributed by atoms with van der Waals surface area (Å²) in [5.74, 6) is 0.972. The monoisotopic (exact) mass is 357 g/mol. The molecule has 0 aliphatic carbocycles. The number of hydrogen-bond acceptors (Lipinski definition) is 6. The Morgan fingerprint density at radius 3 is 2.92 bits per heavy atom. The molecular weight excluding hydrogens is 334 g/mol. The van der Waals surface area contributed by atoms with Crippen molar-refractivity contribution in [1.82, 2.24) is 15.3 Å². The van der Waals surface area contributed by atoms with E-state index in [2.05, 4.69) is 25.9 Å². The Labute approximate surface area is 152 Å². The van der Waals surface area contributed by atoms with Gasteiger partial charge in [0.25, 0.3) is 0 Å². The van der Waals surface area contributed by atoms with Gasteiger partial charge >= 0.3 is 6.03 Å². The first kappa shape index (κ1) is 18.1. The van der Waals surface area contributed by atoms with E-state index in [9.17, 15) is 4.79 Å². The number of nitrogens with zero attached hydrogens (tertiary/aromatic N) is 2. The van der Waals surface area contributed by atoms with Crippen LogP contribution in [0.4, 0.5) is 16.3 Å². The second-order valence-corrected chi connectivity index (χ2v) is 6.13. The number of morpholine rings is 1. The third kappa shape index (κ3) is 5.14. The molecule has 1 aliphatic heterocycles. The lowest BCUT2D eigenvalue weighted by Gasteiger charge is -2.24. The van der Waals surface area contributed by atoms with Crippen molar-refractivity contribution in [2.24, 2.45) is 0 Å². The van der Waals surface area contributed by atoms with Gasteiger partial charge < -0.3 is 20.1 Å². The van der Waals surface area contributed by atoms with Crippen LogP contribution in [0.15, 0.2) is 30.6 Å². The van der Waals surface area contributed by atoms with E-state index in [0.29, 0.717) is 30.5 Å². The van der Waals surface area contributed by atoms with Gasteiger partial charge in [-0.2, -0.15) is 0 Å². The normalized spacial score (nSPS) is 16.8. The van der Waals surface area contributed by atoms with E-state index in [1.165, 1.54) is 6.20 Å². The number of benzene rings is 1. The molecule has 1 atom stereocenters. The van der Waals surface area contributed by atoms with Gasteiger partial charge in [-0.3, -0.25) is 10.3 Å². The smallest absolute Gasteiger partial charge is 0.324 e. The Kier molecular flexibility index (Phi) is 5.98. The number of rotatable bonds is 5. The number of carbonyl (C=O) groups excluding carboxylic acids is 1. The van der Waals surface area contributed by atoms with Gasteiger partial charge in [0.2, 0.25) is 0 Å². The number of nitrogens with one attached hydrogen (secondary N) is 3. The number of ether oxygens (including phenoxy) is 2. The number of aromatic nitrogens is 2. The van der Waals surface area contributed by atoms with Gasteiger partial charge in [-0.05, 0) is 31.5 Å². The topological polar surface area (TPSA) is 97.4 Å². The predicted octanol–water partition coefficient (Wildman–Crippen LogP) is 2.10. The van der Waals surface area contributed by atoms with Gasteiger partial charge in [0.1, 0.15) is 18.5 Å². The molecule has 138 valence electrons. The highest BCUT2D eigenvalue weighted by Gasteiger charge is 2.16. The molecule has 2 aromatic rings. The summed E-state index contributed by atoms with van der Waals surface area (Å²) < 4.78 is 11.5. The van der Waals surface area contributed by atoms with Crippen molar-refractivity contribution < 1.29 is 14.3 Å². The lowest BCUT2D eigenvalue weighted by molar-refractivity contribution is 0.000350. The number of carbonyl (C=O) groups is 1. The Balaban J connectivity index is 1.62. The lowest BCUT2D eigenvalue weighted by Crippen LogP contribution is -2.41. The highest BCUT2D eigenvalue weighted by molar-refractivity contribution is 6.00. The molecule has 0 unspecified atom stereocenters. The average Bonchev–Trinajstić information content (AvgIpc) is 2.64. The first-order chi connectivity index (χ1) is 12.6. The van der Waals surface area contributed by atoms with Gasteiger partial charge in [0.05, 0.1) is 30.4 Å². The molecule has 1 aromatic carbocycles. The van der Waals surface area contributed by atoms with Crippen molar-refractivity contribution in [1.29, 1.82) is 0 Å². The van der Waals surface area contributed by atoms with E-state index in [1.807, 2.05) is 32.0 Å². The summed E-state index contributed by atoms with van der Waals surface area (Å²) in [4.78, 5) is 20.5. The zero-order valence-corrected chi connectivity index (χ0v) is 14.9. The van der Waals surface area contributed by atoms with Crippen LogP contribution in [0, 0.1) is 13.8 Å². The van der Waals surface area contributed by atoms with E-state index >= 15 is 0 Å². The predicted molar refractivity (Wildman–Crippen MR) is 98.7 cm³/mol. The van der Waals surface area contributed by atoms with Gasteiger partial charge in [-0.1, -0.05) is 6.07 Å². The van der Waals surface area contributed by atoms with E-state index in [-0.39, 0.29) is 6.10 Å². The Morgan fingerprint density at radius 1 is 1.31 bits per heavy atom. The Hall–Kier alpha value is -2.71. The summed E-state index contributed by atoms with van der Waals surface area (Å²) in [5.41, 5.74) is 2.38. The molecule has 0 spiro atoms. The van der Waals surface area contributed by atoms with Crippen LogP contribution in [0.25, 0.3) is 0 Å². The first-order valence-corrected chi connectivity index (χ1v) is 8.52. The highest BCUT2D eigenvalue weighted by atomic mass is 16.5. The third-order valence-electron chi connectivity index (χ3n) is 3.83. The zero-order chi connectivity index (χ0) is 18.4. The second-order valence-electron chi connectivity index (χ2n) is 6.13. The molecule has 1 fully saturated rings. The molecule has 8 heteroatoms. The minimum atomic E-state index is -0.408. The van der Waals surface area contributed by atoms with Crippen molar-refractivity contribution in [3.05, 3.63) is 41.9 Å². The maximum absolute atomic E-state index is 12.3. The molecular formula is C18H23N5O3. The van der Waals surface area contributed by atoms with Crippen molar-refractivity contribution in [2.45, 2.75) is 20.0 Å². The fourth-order valence-electron chi connectivity index (χ4n) is 2.50.